The zero-order valence-corrected chi connectivity index (χ0v) is 12.0. The standard InChI is InChI=1S/C17H19N3O/c21-17(16-13-18-8-9-19-16)20-10-6-15(7-11-20)12-14-4-2-1-3-5-14/h1-5,8-9,13,15H,6-7,10-12H2. The minimum absolute atomic E-state index is 0.00117. The molecule has 1 aliphatic heterocycles. The lowest BCUT2D eigenvalue weighted by Gasteiger charge is -2.31. The van der Waals surface area contributed by atoms with Crippen molar-refractivity contribution in [2.45, 2.75) is 19.3 Å². The van der Waals surface area contributed by atoms with E-state index in [9.17, 15) is 4.79 Å². The van der Waals surface area contributed by atoms with E-state index in [2.05, 4.69) is 34.2 Å². The van der Waals surface area contributed by atoms with Gasteiger partial charge >= 0.3 is 0 Å². The fourth-order valence-corrected chi connectivity index (χ4v) is 2.86. The summed E-state index contributed by atoms with van der Waals surface area (Å²) >= 11 is 0. The maximum atomic E-state index is 12.3. The summed E-state index contributed by atoms with van der Waals surface area (Å²) in [5.74, 6) is 0.666. The predicted molar refractivity (Wildman–Crippen MR) is 80.8 cm³/mol. The molecule has 0 bridgehead atoms. The number of amides is 1. The monoisotopic (exact) mass is 281 g/mol. The Labute approximate surface area is 124 Å². The van der Waals surface area contributed by atoms with Gasteiger partial charge in [0.15, 0.2) is 0 Å². The number of carbonyl (C=O) groups is 1. The Morgan fingerprint density at radius 2 is 1.90 bits per heavy atom. The van der Waals surface area contributed by atoms with Crippen LogP contribution in [0.3, 0.4) is 0 Å². The smallest absolute Gasteiger partial charge is 0.274 e. The van der Waals surface area contributed by atoms with Gasteiger partial charge in [-0.15, -0.1) is 0 Å². The van der Waals surface area contributed by atoms with Crippen molar-refractivity contribution in [3.63, 3.8) is 0 Å². The van der Waals surface area contributed by atoms with Gasteiger partial charge in [-0.25, -0.2) is 4.98 Å². The average molecular weight is 281 g/mol. The van der Waals surface area contributed by atoms with Gasteiger partial charge in [-0.1, -0.05) is 30.3 Å². The van der Waals surface area contributed by atoms with Crippen LogP contribution in [0.25, 0.3) is 0 Å². The van der Waals surface area contributed by atoms with Crippen LogP contribution < -0.4 is 0 Å². The van der Waals surface area contributed by atoms with E-state index in [0.29, 0.717) is 11.6 Å². The number of rotatable bonds is 3. The number of carbonyl (C=O) groups excluding carboxylic acids is 1. The van der Waals surface area contributed by atoms with Crippen molar-refractivity contribution in [2.24, 2.45) is 5.92 Å². The second kappa shape index (κ2) is 6.48. The van der Waals surface area contributed by atoms with Crippen LogP contribution in [0.5, 0.6) is 0 Å². The van der Waals surface area contributed by atoms with Crippen LogP contribution in [0.2, 0.25) is 0 Å². The van der Waals surface area contributed by atoms with E-state index in [-0.39, 0.29) is 5.91 Å². The Balaban J connectivity index is 1.54. The van der Waals surface area contributed by atoms with Crippen molar-refractivity contribution < 1.29 is 4.79 Å². The third-order valence-electron chi connectivity index (χ3n) is 4.05. The summed E-state index contributed by atoms with van der Waals surface area (Å²) in [6.07, 6.45) is 7.91. The quantitative estimate of drug-likeness (QED) is 0.868. The second-order valence-corrected chi connectivity index (χ2v) is 5.52. The molecule has 3 rings (SSSR count). The van der Waals surface area contributed by atoms with Gasteiger partial charge in [0.05, 0.1) is 6.20 Å². The first-order chi connectivity index (χ1) is 10.3. The summed E-state index contributed by atoms with van der Waals surface area (Å²) in [5.41, 5.74) is 1.83. The van der Waals surface area contributed by atoms with Gasteiger partial charge in [0.25, 0.3) is 5.91 Å². The first-order valence-electron chi connectivity index (χ1n) is 7.42. The SMILES string of the molecule is O=C(c1cnccn1)N1CCC(Cc2ccccc2)CC1. The number of hydrogen-bond donors (Lipinski definition) is 0. The minimum Gasteiger partial charge on any atom is -0.337 e. The number of nitrogens with zero attached hydrogens (tertiary/aromatic N) is 3. The van der Waals surface area contributed by atoms with Crippen molar-refractivity contribution >= 4 is 5.91 Å². The van der Waals surface area contributed by atoms with Crippen LogP contribution in [0, 0.1) is 5.92 Å². The van der Waals surface area contributed by atoms with Gasteiger partial charge in [0.1, 0.15) is 5.69 Å². The lowest BCUT2D eigenvalue weighted by atomic mass is 9.90. The van der Waals surface area contributed by atoms with Crippen LogP contribution >= 0.6 is 0 Å². The van der Waals surface area contributed by atoms with E-state index in [0.717, 1.165) is 32.4 Å². The lowest BCUT2D eigenvalue weighted by molar-refractivity contribution is 0.0684. The molecule has 0 atom stereocenters. The molecule has 0 aliphatic carbocycles. The molecular formula is C17H19N3O. The molecule has 0 N–H and O–H groups in total. The van der Waals surface area contributed by atoms with E-state index in [1.807, 2.05) is 11.0 Å². The van der Waals surface area contributed by atoms with Gasteiger partial charge in [-0.2, -0.15) is 0 Å². The summed E-state index contributed by atoms with van der Waals surface area (Å²) in [6, 6.07) is 10.6. The molecule has 21 heavy (non-hydrogen) atoms. The van der Waals surface area contributed by atoms with Crippen LogP contribution in [0.15, 0.2) is 48.9 Å². The van der Waals surface area contributed by atoms with Gasteiger partial charge in [0, 0.05) is 25.5 Å². The van der Waals surface area contributed by atoms with Crippen molar-refractivity contribution in [1.29, 1.82) is 0 Å². The Kier molecular flexibility index (Phi) is 4.24. The first-order valence-corrected chi connectivity index (χ1v) is 7.42. The number of benzene rings is 1. The normalized spacial score (nSPS) is 15.9. The van der Waals surface area contributed by atoms with Crippen molar-refractivity contribution in [2.75, 3.05) is 13.1 Å². The molecule has 108 valence electrons. The van der Waals surface area contributed by atoms with E-state index >= 15 is 0 Å². The highest BCUT2D eigenvalue weighted by Crippen LogP contribution is 2.22. The first kappa shape index (κ1) is 13.7. The van der Waals surface area contributed by atoms with Gasteiger partial charge in [-0.3, -0.25) is 9.78 Å². The molecule has 1 aromatic carbocycles. The molecule has 4 nitrogen and oxygen atoms in total. The van der Waals surface area contributed by atoms with Gasteiger partial charge in [-0.05, 0) is 30.7 Å². The summed E-state index contributed by atoms with van der Waals surface area (Å²) < 4.78 is 0. The summed E-state index contributed by atoms with van der Waals surface area (Å²) in [4.78, 5) is 22.2. The third-order valence-corrected chi connectivity index (χ3v) is 4.05. The molecule has 1 saturated heterocycles. The third kappa shape index (κ3) is 3.45. The number of hydrogen-bond acceptors (Lipinski definition) is 3. The van der Waals surface area contributed by atoms with E-state index in [4.69, 9.17) is 0 Å². The molecule has 0 spiro atoms. The number of piperidine rings is 1. The van der Waals surface area contributed by atoms with E-state index < -0.39 is 0 Å². The molecular weight excluding hydrogens is 262 g/mol. The van der Waals surface area contributed by atoms with Gasteiger partial charge in [0.2, 0.25) is 0 Å². The van der Waals surface area contributed by atoms with Gasteiger partial charge < -0.3 is 4.90 Å². The largest absolute Gasteiger partial charge is 0.337 e. The van der Waals surface area contributed by atoms with Crippen molar-refractivity contribution in [3.8, 4) is 0 Å². The summed E-state index contributed by atoms with van der Waals surface area (Å²) in [6.45, 7) is 1.62. The van der Waals surface area contributed by atoms with Crippen LogP contribution in [0.1, 0.15) is 28.9 Å². The molecule has 0 radical (unpaired) electrons. The van der Waals surface area contributed by atoms with Crippen LogP contribution in [0.4, 0.5) is 0 Å². The number of aromatic nitrogens is 2. The molecule has 4 heteroatoms. The maximum absolute atomic E-state index is 12.3. The predicted octanol–water partition coefficient (Wildman–Crippen LogP) is 2.57. The molecule has 2 heterocycles. The summed E-state index contributed by atoms with van der Waals surface area (Å²) in [7, 11) is 0. The Morgan fingerprint density at radius 1 is 1.14 bits per heavy atom. The summed E-state index contributed by atoms with van der Waals surface area (Å²) in [5, 5.41) is 0. The average Bonchev–Trinajstić information content (AvgIpc) is 2.57. The fraction of sp³-hybridized carbons (Fsp3) is 0.353. The van der Waals surface area contributed by atoms with Crippen molar-refractivity contribution in [1.82, 2.24) is 14.9 Å². The molecule has 0 saturated carbocycles. The number of likely N-dealkylation sites (tertiary alicyclic amines) is 1. The highest BCUT2D eigenvalue weighted by molar-refractivity contribution is 5.91. The highest BCUT2D eigenvalue weighted by Gasteiger charge is 2.24. The zero-order chi connectivity index (χ0) is 14.5. The maximum Gasteiger partial charge on any atom is 0.274 e. The fourth-order valence-electron chi connectivity index (χ4n) is 2.86. The Morgan fingerprint density at radius 3 is 2.57 bits per heavy atom. The molecule has 1 fully saturated rings. The lowest BCUT2D eigenvalue weighted by Crippen LogP contribution is -2.39. The second-order valence-electron chi connectivity index (χ2n) is 5.52. The molecule has 2 aromatic rings. The van der Waals surface area contributed by atoms with Crippen LogP contribution in [-0.4, -0.2) is 33.9 Å². The Hall–Kier alpha value is -2.23. The zero-order valence-electron chi connectivity index (χ0n) is 12.0. The molecule has 1 aromatic heterocycles. The highest BCUT2D eigenvalue weighted by atomic mass is 16.2. The topological polar surface area (TPSA) is 46.1 Å². The van der Waals surface area contributed by atoms with E-state index in [1.165, 1.54) is 5.56 Å². The van der Waals surface area contributed by atoms with Crippen LogP contribution in [-0.2, 0) is 6.42 Å². The van der Waals surface area contributed by atoms with Crippen molar-refractivity contribution in [3.05, 3.63) is 60.2 Å². The minimum atomic E-state index is 0.00117. The molecule has 1 amide bonds. The Bertz CT molecular complexity index is 577. The van der Waals surface area contributed by atoms with E-state index in [1.54, 1.807) is 18.6 Å². The molecule has 0 unspecified atom stereocenters. The molecule has 1 aliphatic rings.